The first-order valence-electron chi connectivity index (χ1n) is 6.80. The summed E-state index contributed by atoms with van der Waals surface area (Å²) in [5.74, 6) is 1.94. The first-order valence-corrected chi connectivity index (χ1v) is 7.88. The van der Waals surface area contributed by atoms with E-state index < -0.39 is 0 Å². The molecule has 1 aromatic carbocycles. The third-order valence-electron chi connectivity index (χ3n) is 2.75. The molecule has 0 atom stereocenters. The highest BCUT2D eigenvalue weighted by atomic mass is 127. The van der Waals surface area contributed by atoms with E-state index in [1.165, 1.54) is 0 Å². The first-order chi connectivity index (χ1) is 10.0. The summed E-state index contributed by atoms with van der Waals surface area (Å²) >= 11 is 2.24. The van der Waals surface area contributed by atoms with Gasteiger partial charge in [-0.05, 0) is 64.9 Å². The quantitative estimate of drug-likeness (QED) is 0.751. The highest BCUT2D eigenvalue weighted by molar-refractivity contribution is 14.1. The van der Waals surface area contributed by atoms with Gasteiger partial charge >= 0.3 is 0 Å². The number of hydrogen-bond donors (Lipinski definition) is 1. The van der Waals surface area contributed by atoms with E-state index in [0.29, 0.717) is 30.6 Å². The molecule has 1 heterocycles. The fourth-order valence-electron chi connectivity index (χ4n) is 1.65. The maximum absolute atomic E-state index is 11.8. The summed E-state index contributed by atoms with van der Waals surface area (Å²) < 4.78 is 12.2. The number of rotatable bonds is 6. The number of benzene rings is 1. The highest BCUT2D eigenvalue weighted by Gasteiger charge is 2.11. The minimum atomic E-state index is -0.191. The van der Waals surface area contributed by atoms with Gasteiger partial charge in [-0.2, -0.15) is 0 Å². The molecule has 1 aromatic heterocycles. The number of hydrogen-bond acceptors (Lipinski definition) is 3. The fraction of sp³-hybridized carbons (Fsp3) is 0.312. The molecule has 0 aliphatic heterocycles. The Kier molecular flexibility index (Phi) is 5.67. The second-order valence-corrected chi connectivity index (χ2v) is 6.36. The predicted molar refractivity (Wildman–Crippen MR) is 89.4 cm³/mol. The van der Waals surface area contributed by atoms with Gasteiger partial charge in [0.2, 0.25) is 0 Å². The van der Waals surface area contributed by atoms with Crippen molar-refractivity contribution in [1.29, 1.82) is 0 Å². The van der Waals surface area contributed by atoms with E-state index in [1.807, 2.05) is 38.1 Å². The van der Waals surface area contributed by atoms with Crippen molar-refractivity contribution in [2.75, 3.05) is 6.54 Å². The van der Waals surface area contributed by atoms with Gasteiger partial charge in [-0.15, -0.1) is 0 Å². The van der Waals surface area contributed by atoms with E-state index in [4.69, 9.17) is 9.15 Å². The van der Waals surface area contributed by atoms with Gasteiger partial charge in [-0.25, -0.2) is 0 Å². The lowest BCUT2D eigenvalue weighted by molar-refractivity contribution is 0.0917. The Balaban J connectivity index is 1.88. The van der Waals surface area contributed by atoms with Gasteiger partial charge in [0.05, 0.1) is 0 Å². The third kappa shape index (κ3) is 5.08. The number of carbonyl (C=O) groups is 1. The zero-order valence-corrected chi connectivity index (χ0v) is 14.2. The molecule has 1 amide bonds. The van der Waals surface area contributed by atoms with Crippen molar-refractivity contribution in [2.24, 2.45) is 5.92 Å². The topological polar surface area (TPSA) is 51.5 Å². The van der Waals surface area contributed by atoms with Crippen molar-refractivity contribution in [3.63, 3.8) is 0 Å². The number of nitrogens with one attached hydrogen (secondary N) is 1. The molecule has 0 saturated heterocycles. The van der Waals surface area contributed by atoms with Gasteiger partial charge in [0.1, 0.15) is 18.1 Å². The van der Waals surface area contributed by atoms with Crippen LogP contribution in [0.3, 0.4) is 0 Å². The smallest absolute Gasteiger partial charge is 0.287 e. The number of furan rings is 1. The summed E-state index contributed by atoms with van der Waals surface area (Å²) in [5.41, 5.74) is 0. The zero-order chi connectivity index (χ0) is 15.2. The van der Waals surface area contributed by atoms with E-state index in [-0.39, 0.29) is 5.91 Å². The van der Waals surface area contributed by atoms with Gasteiger partial charge in [0, 0.05) is 10.1 Å². The molecule has 21 heavy (non-hydrogen) atoms. The Bertz CT molecular complexity index is 590. The molecule has 4 nitrogen and oxygen atoms in total. The standard InChI is InChI=1S/C16H18INO3/c1-11(2)9-18-16(19)15-8-7-14(21-15)10-20-13-5-3-12(17)4-6-13/h3-8,11H,9-10H2,1-2H3,(H,18,19). The average Bonchev–Trinajstić information content (AvgIpc) is 2.93. The van der Waals surface area contributed by atoms with Crippen LogP contribution in [0, 0.1) is 9.49 Å². The van der Waals surface area contributed by atoms with E-state index in [1.54, 1.807) is 12.1 Å². The van der Waals surface area contributed by atoms with Crippen molar-refractivity contribution in [1.82, 2.24) is 5.32 Å². The van der Waals surface area contributed by atoms with Crippen molar-refractivity contribution < 1.29 is 13.9 Å². The Morgan fingerprint density at radius 3 is 2.62 bits per heavy atom. The summed E-state index contributed by atoms with van der Waals surface area (Å²) in [7, 11) is 0. The van der Waals surface area contributed by atoms with Gasteiger partial charge in [0.15, 0.2) is 5.76 Å². The maximum Gasteiger partial charge on any atom is 0.287 e. The van der Waals surface area contributed by atoms with Crippen LogP contribution in [0.5, 0.6) is 5.75 Å². The number of halogens is 1. The molecule has 2 aromatic rings. The van der Waals surface area contributed by atoms with Gasteiger partial charge in [0.25, 0.3) is 5.91 Å². The number of carbonyl (C=O) groups excluding carboxylic acids is 1. The minimum Gasteiger partial charge on any atom is -0.486 e. The summed E-state index contributed by atoms with van der Waals surface area (Å²) in [6.07, 6.45) is 0. The number of amides is 1. The van der Waals surface area contributed by atoms with Crippen molar-refractivity contribution in [3.8, 4) is 5.75 Å². The van der Waals surface area contributed by atoms with Crippen LogP contribution in [-0.4, -0.2) is 12.5 Å². The molecule has 112 valence electrons. The third-order valence-corrected chi connectivity index (χ3v) is 3.47. The molecule has 5 heteroatoms. The second kappa shape index (κ2) is 7.49. The largest absolute Gasteiger partial charge is 0.486 e. The van der Waals surface area contributed by atoms with Gasteiger partial charge < -0.3 is 14.5 Å². The Labute approximate surface area is 138 Å². The number of ether oxygens (including phenoxy) is 1. The molecule has 0 spiro atoms. The monoisotopic (exact) mass is 399 g/mol. The van der Waals surface area contributed by atoms with Crippen LogP contribution in [0.1, 0.15) is 30.2 Å². The van der Waals surface area contributed by atoms with Crippen molar-refractivity contribution >= 4 is 28.5 Å². The van der Waals surface area contributed by atoms with Gasteiger partial charge in [-0.1, -0.05) is 13.8 Å². The molecular weight excluding hydrogens is 381 g/mol. The van der Waals surface area contributed by atoms with E-state index in [0.717, 1.165) is 9.32 Å². The van der Waals surface area contributed by atoms with Crippen molar-refractivity contribution in [3.05, 3.63) is 51.5 Å². The first kappa shape index (κ1) is 15.9. The zero-order valence-electron chi connectivity index (χ0n) is 12.1. The Morgan fingerprint density at radius 2 is 1.95 bits per heavy atom. The molecule has 0 radical (unpaired) electrons. The molecule has 0 unspecified atom stereocenters. The van der Waals surface area contributed by atoms with E-state index in [2.05, 4.69) is 27.9 Å². The Morgan fingerprint density at radius 1 is 1.24 bits per heavy atom. The maximum atomic E-state index is 11.8. The summed E-state index contributed by atoms with van der Waals surface area (Å²) in [4.78, 5) is 11.8. The normalized spacial score (nSPS) is 10.7. The molecule has 1 N–H and O–H groups in total. The summed E-state index contributed by atoms with van der Waals surface area (Å²) in [5, 5.41) is 2.82. The van der Waals surface area contributed by atoms with Crippen LogP contribution in [-0.2, 0) is 6.61 Å². The molecule has 0 saturated carbocycles. The summed E-state index contributed by atoms with van der Waals surface area (Å²) in [6.45, 7) is 5.03. The molecule has 0 fully saturated rings. The van der Waals surface area contributed by atoms with Crippen LogP contribution >= 0.6 is 22.6 Å². The minimum absolute atomic E-state index is 0.191. The molecule has 0 bridgehead atoms. The Hall–Kier alpha value is -1.50. The van der Waals surface area contributed by atoms with Crippen LogP contribution in [0.25, 0.3) is 0 Å². The molecule has 0 aliphatic carbocycles. The van der Waals surface area contributed by atoms with Crippen LogP contribution in [0.4, 0.5) is 0 Å². The molecule has 0 aliphatic rings. The predicted octanol–water partition coefficient (Wildman–Crippen LogP) is 3.85. The van der Waals surface area contributed by atoms with Crippen LogP contribution in [0.2, 0.25) is 0 Å². The SMILES string of the molecule is CC(C)CNC(=O)c1ccc(COc2ccc(I)cc2)o1. The second-order valence-electron chi connectivity index (χ2n) is 5.11. The average molecular weight is 399 g/mol. The van der Waals surface area contributed by atoms with Gasteiger partial charge in [-0.3, -0.25) is 4.79 Å². The fourth-order valence-corrected chi connectivity index (χ4v) is 2.01. The van der Waals surface area contributed by atoms with Crippen LogP contribution in [0.15, 0.2) is 40.8 Å². The molecule has 2 rings (SSSR count). The lowest BCUT2D eigenvalue weighted by Gasteiger charge is -2.06. The van der Waals surface area contributed by atoms with E-state index in [9.17, 15) is 4.79 Å². The lowest BCUT2D eigenvalue weighted by atomic mass is 10.2. The summed E-state index contributed by atoms with van der Waals surface area (Å²) in [6, 6.07) is 11.2. The highest BCUT2D eigenvalue weighted by Crippen LogP contribution is 2.16. The van der Waals surface area contributed by atoms with Crippen molar-refractivity contribution in [2.45, 2.75) is 20.5 Å². The van der Waals surface area contributed by atoms with E-state index >= 15 is 0 Å². The van der Waals surface area contributed by atoms with Crippen LogP contribution < -0.4 is 10.1 Å². The lowest BCUT2D eigenvalue weighted by Crippen LogP contribution is -2.26. The molecular formula is C16H18INO3.